The molecule has 2 unspecified atom stereocenters. The van der Waals surface area contributed by atoms with E-state index in [0.717, 1.165) is 30.3 Å². The zero-order valence-electron chi connectivity index (χ0n) is 13.9. The summed E-state index contributed by atoms with van der Waals surface area (Å²) in [4.78, 5) is 11.3. The van der Waals surface area contributed by atoms with Crippen LogP contribution in [0.2, 0.25) is 0 Å². The van der Waals surface area contributed by atoms with E-state index < -0.39 is 35.5 Å². The van der Waals surface area contributed by atoms with Crippen molar-refractivity contribution >= 4 is 6.29 Å². The first-order valence-electron chi connectivity index (χ1n) is 7.99. The molecule has 0 amide bonds. The Morgan fingerprint density at radius 3 is 2.00 bits per heavy atom. The summed E-state index contributed by atoms with van der Waals surface area (Å²) < 4.78 is 76.5. The van der Waals surface area contributed by atoms with Crippen LogP contribution in [0.1, 0.15) is 34.6 Å². The highest BCUT2D eigenvalue weighted by atomic mass is 19.4. The standard InChI is InChI=1S/C19H16F6O2/c20-18(21,22)14-5-1-3-12(9-14)7-8-17(27)16(11-26)13-4-2-6-15(10-13)19(23,24)25/h1-6,9-11,16-17,27H,7-8H2. The first-order valence-corrected chi connectivity index (χ1v) is 7.99. The van der Waals surface area contributed by atoms with E-state index in [9.17, 15) is 36.2 Å². The highest BCUT2D eigenvalue weighted by Gasteiger charge is 2.32. The normalized spacial score (nSPS) is 14.6. The van der Waals surface area contributed by atoms with Crippen molar-refractivity contribution in [1.29, 1.82) is 0 Å². The van der Waals surface area contributed by atoms with Crippen molar-refractivity contribution in [1.82, 2.24) is 0 Å². The van der Waals surface area contributed by atoms with Crippen LogP contribution < -0.4 is 0 Å². The summed E-state index contributed by atoms with van der Waals surface area (Å²) in [6.07, 6.45) is -10.1. The van der Waals surface area contributed by atoms with Gasteiger partial charge in [-0.15, -0.1) is 0 Å². The second-order valence-electron chi connectivity index (χ2n) is 6.09. The Labute approximate surface area is 151 Å². The van der Waals surface area contributed by atoms with Crippen LogP contribution in [0.15, 0.2) is 48.5 Å². The smallest absolute Gasteiger partial charge is 0.392 e. The van der Waals surface area contributed by atoms with Gasteiger partial charge in [-0.2, -0.15) is 26.3 Å². The molecule has 0 radical (unpaired) electrons. The van der Waals surface area contributed by atoms with Gasteiger partial charge in [0.2, 0.25) is 0 Å². The summed E-state index contributed by atoms with van der Waals surface area (Å²) >= 11 is 0. The fourth-order valence-corrected chi connectivity index (χ4v) is 2.71. The van der Waals surface area contributed by atoms with Gasteiger partial charge in [-0.05, 0) is 36.1 Å². The van der Waals surface area contributed by atoms with Gasteiger partial charge < -0.3 is 9.90 Å². The molecule has 0 saturated heterocycles. The number of alkyl halides is 6. The minimum Gasteiger partial charge on any atom is -0.392 e. The molecule has 8 heteroatoms. The highest BCUT2D eigenvalue weighted by Crippen LogP contribution is 2.32. The van der Waals surface area contributed by atoms with Crippen molar-refractivity contribution in [2.45, 2.75) is 37.2 Å². The number of aliphatic hydroxyl groups is 1. The summed E-state index contributed by atoms with van der Waals surface area (Å²) in [5.74, 6) is -1.21. The molecule has 0 aromatic heterocycles. The number of hydrogen-bond donors (Lipinski definition) is 1. The number of halogens is 6. The molecule has 2 aromatic carbocycles. The minimum atomic E-state index is -4.59. The molecule has 0 fully saturated rings. The molecule has 0 aliphatic rings. The topological polar surface area (TPSA) is 37.3 Å². The molecule has 2 atom stereocenters. The van der Waals surface area contributed by atoms with Crippen molar-refractivity contribution in [2.75, 3.05) is 0 Å². The maximum Gasteiger partial charge on any atom is 0.416 e. The summed E-state index contributed by atoms with van der Waals surface area (Å²) in [5, 5.41) is 10.2. The molecule has 0 heterocycles. The molecule has 0 bridgehead atoms. The van der Waals surface area contributed by atoms with Gasteiger partial charge in [-0.3, -0.25) is 0 Å². The van der Waals surface area contributed by atoms with E-state index in [1.807, 2.05) is 0 Å². The van der Waals surface area contributed by atoms with Gasteiger partial charge in [-0.25, -0.2) is 0 Å². The van der Waals surface area contributed by atoms with E-state index >= 15 is 0 Å². The largest absolute Gasteiger partial charge is 0.416 e. The van der Waals surface area contributed by atoms with E-state index in [4.69, 9.17) is 0 Å². The van der Waals surface area contributed by atoms with Crippen LogP contribution in [0.25, 0.3) is 0 Å². The highest BCUT2D eigenvalue weighted by molar-refractivity contribution is 5.63. The van der Waals surface area contributed by atoms with Crippen molar-refractivity contribution < 1.29 is 36.2 Å². The summed E-state index contributed by atoms with van der Waals surface area (Å²) in [6, 6.07) is 8.59. The van der Waals surface area contributed by atoms with E-state index in [1.54, 1.807) is 0 Å². The molecule has 0 saturated carbocycles. The van der Waals surface area contributed by atoms with Gasteiger partial charge in [-0.1, -0.05) is 36.4 Å². The first-order chi connectivity index (χ1) is 12.5. The molecule has 27 heavy (non-hydrogen) atoms. The molecule has 2 aromatic rings. The molecule has 0 aliphatic carbocycles. The molecule has 146 valence electrons. The number of rotatable bonds is 6. The van der Waals surface area contributed by atoms with E-state index in [-0.39, 0.29) is 18.4 Å². The Kier molecular flexibility index (Phi) is 6.30. The van der Waals surface area contributed by atoms with Gasteiger partial charge in [0.25, 0.3) is 0 Å². The Hall–Kier alpha value is -2.35. The van der Waals surface area contributed by atoms with Crippen molar-refractivity contribution in [3.63, 3.8) is 0 Å². The van der Waals surface area contributed by atoms with Gasteiger partial charge in [0.1, 0.15) is 6.29 Å². The fourth-order valence-electron chi connectivity index (χ4n) is 2.71. The maximum atomic E-state index is 12.8. The Morgan fingerprint density at radius 2 is 1.44 bits per heavy atom. The lowest BCUT2D eigenvalue weighted by Crippen LogP contribution is -2.21. The first kappa shape index (κ1) is 21.0. The average Bonchev–Trinajstić information content (AvgIpc) is 2.60. The van der Waals surface area contributed by atoms with Crippen LogP contribution in [0, 0.1) is 0 Å². The Balaban J connectivity index is 2.12. The average molecular weight is 390 g/mol. The lowest BCUT2D eigenvalue weighted by molar-refractivity contribution is -0.138. The summed E-state index contributed by atoms with van der Waals surface area (Å²) in [5.41, 5.74) is -1.48. The Bertz CT molecular complexity index is 782. The van der Waals surface area contributed by atoms with Gasteiger partial charge >= 0.3 is 12.4 Å². The monoisotopic (exact) mass is 390 g/mol. The molecule has 1 N–H and O–H groups in total. The molecule has 2 rings (SSSR count). The predicted molar refractivity (Wildman–Crippen MR) is 86.0 cm³/mol. The zero-order chi connectivity index (χ0) is 20.2. The predicted octanol–water partition coefficient (Wildman–Crippen LogP) is 5.00. The van der Waals surface area contributed by atoms with Gasteiger partial charge in [0.15, 0.2) is 0 Å². The van der Waals surface area contributed by atoms with Crippen LogP contribution in [-0.4, -0.2) is 17.5 Å². The van der Waals surface area contributed by atoms with Gasteiger partial charge in [0, 0.05) is 0 Å². The SMILES string of the molecule is O=CC(c1cccc(C(F)(F)F)c1)C(O)CCc1cccc(C(F)(F)F)c1. The third-order valence-electron chi connectivity index (χ3n) is 4.14. The number of carbonyl (C=O) groups is 1. The second-order valence-corrected chi connectivity index (χ2v) is 6.09. The number of hydrogen-bond acceptors (Lipinski definition) is 2. The summed E-state index contributed by atoms with van der Waals surface area (Å²) in [6.45, 7) is 0. The lowest BCUT2D eigenvalue weighted by atomic mass is 9.90. The van der Waals surface area contributed by atoms with Crippen molar-refractivity contribution in [3.05, 3.63) is 70.8 Å². The number of aliphatic hydroxyl groups excluding tert-OH is 1. The molecular formula is C19H16F6O2. The minimum absolute atomic E-state index is 0.00336. The molecule has 0 aliphatic heterocycles. The van der Waals surface area contributed by atoms with E-state index in [1.165, 1.54) is 18.2 Å². The van der Waals surface area contributed by atoms with Crippen LogP contribution >= 0.6 is 0 Å². The Morgan fingerprint density at radius 1 is 0.889 bits per heavy atom. The van der Waals surface area contributed by atoms with Crippen molar-refractivity contribution in [3.8, 4) is 0 Å². The third kappa shape index (κ3) is 5.56. The van der Waals surface area contributed by atoms with Crippen LogP contribution in [0.4, 0.5) is 26.3 Å². The number of benzene rings is 2. The number of carbonyl (C=O) groups excluding carboxylic acids is 1. The molecule has 0 spiro atoms. The number of aryl methyl sites for hydroxylation is 1. The second kappa shape index (κ2) is 8.12. The maximum absolute atomic E-state index is 12.8. The van der Waals surface area contributed by atoms with Crippen molar-refractivity contribution in [2.24, 2.45) is 0 Å². The summed E-state index contributed by atoms with van der Waals surface area (Å²) in [7, 11) is 0. The van der Waals surface area contributed by atoms with Crippen LogP contribution in [0.5, 0.6) is 0 Å². The molecular weight excluding hydrogens is 374 g/mol. The number of aldehydes is 1. The van der Waals surface area contributed by atoms with E-state index in [2.05, 4.69) is 0 Å². The molecule has 2 nitrogen and oxygen atoms in total. The lowest BCUT2D eigenvalue weighted by Gasteiger charge is -2.19. The fraction of sp³-hybridized carbons (Fsp3) is 0.316. The van der Waals surface area contributed by atoms with Crippen LogP contribution in [-0.2, 0) is 23.6 Å². The van der Waals surface area contributed by atoms with E-state index in [0.29, 0.717) is 11.8 Å². The van der Waals surface area contributed by atoms with Crippen LogP contribution in [0.3, 0.4) is 0 Å². The quantitative estimate of drug-likeness (QED) is 0.557. The zero-order valence-corrected chi connectivity index (χ0v) is 13.9. The van der Waals surface area contributed by atoms with Gasteiger partial charge in [0.05, 0.1) is 23.1 Å². The third-order valence-corrected chi connectivity index (χ3v) is 4.14.